The minimum Gasteiger partial charge on any atom is -0.466 e. The van der Waals surface area contributed by atoms with Crippen molar-refractivity contribution in [2.45, 2.75) is 353 Å². The second kappa shape index (κ2) is 60.6. The van der Waals surface area contributed by atoms with Crippen molar-refractivity contribution in [2.75, 3.05) is 13.2 Å². The normalized spacial score (nSPS) is 12.8. The van der Waals surface area contributed by atoms with E-state index in [1.807, 2.05) is 6.08 Å². The third-order valence-corrected chi connectivity index (χ3v) is 14.7. The molecule has 418 valence electrons. The molecule has 0 rings (SSSR count). The fourth-order valence-corrected chi connectivity index (χ4v) is 9.78. The molecule has 3 N–H and O–H groups in total. The molecule has 0 aliphatic heterocycles. The lowest BCUT2D eigenvalue weighted by molar-refractivity contribution is -0.143. The molecule has 71 heavy (non-hydrogen) atoms. The van der Waals surface area contributed by atoms with Gasteiger partial charge in [-0.15, -0.1) is 0 Å². The Kier molecular flexibility index (Phi) is 59.0. The van der Waals surface area contributed by atoms with Gasteiger partial charge in [0.2, 0.25) is 5.91 Å². The number of carbonyl (C=O) groups excluding carboxylic acids is 2. The number of allylic oxidation sites excluding steroid dienone is 5. The second-order valence-corrected chi connectivity index (χ2v) is 21.7. The first-order chi connectivity index (χ1) is 35.0. The molecule has 6 heteroatoms. The summed E-state index contributed by atoms with van der Waals surface area (Å²) in [6.07, 6.45) is 76.1. The number of aliphatic hydroxyl groups excluding tert-OH is 2. The maximum absolute atomic E-state index is 12.5. The van der Waals surface area contributed by atoms with Crippen molar-refractivity contribution in [3.63, 3.8) is 0 Å². The van der Waals surface area contributed by atoms with Crippen LogP contribution < -0.4 is 5.32 Å². The zero-order valence-electron chi connectivity index (χ0n) is 47.7. The predicted molar refractivity (Wildman–Crippen MR) is 310 cm³/mol. The lowest BCUT2D eigenvalue weighted by atomic mass is 10.0. The van der Waals surface area contributed by atoms with Gasteiger partial charge in [0.1, 0.15) is 0 Å². The van der Waals surface area contributed by atoms with Gasteiger partial charge in [-0.05, 0) is 64.2 Å². The van der Waals surface area contributed by atoms with Crippen LogP contribution in [-0.4, -0.2) is 47.4 Å². The highest BCUT2D eigenvalue weighted by molar-refractivity contribution is 5.76. The Morgan fingerprint density at radius 3 is 1.08 bits per heavy atom. The fourth-order valence-electron chi connectivity index (χ4n) is 9.78. The van der Waals surface area contributed by atoms with Gasteiger partial charge in [0.25, 0.3) is 0 Å². The zero-order valence-corrected chi connectivity index (χ0v) is 47.7. The van der Waals surface area contributed by atoms with E-state index in [9.17, 15) is 19.8 Å². The molecule has 2 unspecified atom stereocenters. The van der Waals surface area contributed by atoms with Crippen LogP contribution in [0.5, 0.6) is 0 Å². The second-order valence-electron chi connectivity index (χ2n) is 21.7. The number of hydrogen-bond donors (Lipinski definition) is 3. The number of rotatable bonds is 59. The molecule has 0 saturated heterocycles. The van der Waals surface area contributed by atoms with Gasteiger partial charge in [-0.2, -0.15) is 0 Å². The Hall–Kier alpha value is -1.92. The molecule has 0 aliphatic rings. The van der Waals surface area contributed by atoms with E-state index in [1.54, 1.807) is 6.08 Å². The number of carbonyl (C=O) groups is 2. The predicted octanol–water partition coefficient (Wildman–Crippen LogP) is 20.0. The van der Waals surface area contributed by atoms with Crippen molar-refractivity contribution in [2.24, 2.45) is 0 Å². The van der Waals surface area contributed by atoms with E-state index in [-0.39, 0.29) is 18.5 Å². The molecule has 0 spiro atoms. The first-order valence-electron chi connectivity index (χ1n) is 31.8. The van der Waals surface area contributed by atoms with Crippen LogP contribution in [0.25, 0.3) is 0 Å². The van der Waals surface area contributed by atoms with E-state index in [2.05, 4.69) is 43.5 Å². The largest absolute Gasteiger partial charge is 0.466 e. The summed E-state index contributed by atoms with van der Waals surface area (Å²) >= 11 is 0. The highest BCUT2D eigenvalue weighted by Crippen LogP contribution is 2.18. The standard InChI is InChI=1S/C65H123NO5/c1-3-5-7-9-11-13-15-17-19-21-22-23-24-26-29-33-37-41-45-49-53-57-63(68)62(61-67)66-64(69)58-54-50-46-42-38-34-30-27-25-28-32-36-40-44-48-52-56-60-71-65(70)59-55-51-47-43-39-35-31-20-18-16-14-12-10-8-6-4-2/h14,16,20,31,53,57,62-63,67-68H,3-13,15,17-19,21-30,32-52,54-56,58-61H2,1-2H3,(H,66,69)/b16-14-,31-20-,57-53+. The van der Waals surface area contributed by atoms with Crippen LogP contribution in [0, 0.1) is 0 Å². The average molecular weight is 999 g/mol. The van der Waals surface area contributed by atoms with Gasteiger partial charge < -0.3 is 20.3 Å². The lowest BCUT2D eigenvalue weighted by Gasteiger charge is -2.20. The van der Waals surface area contributed by atoms with Gasteiger partial charge in [0.15, 0.2) is 0 Å². The number of amides is 1. The van der Waals surface area contributed by atoms with E-state index in [1.165, 1.54) is 263 Å². The van der Waals surface area contributed by atoms with Crippen molar-refractivity contribution < 1.29 is 24.5 Å². The van der Waals surface area contributed by atoms with E-state index >= 15 is 0 Å². The molecule has 0 radical (unpaired) electrons. The summed E-state index contributed by atoms with van der Waals surface area (Å²) in [6, 6.07) is -0.634. The SMILES string of the molecule is CCCCCC/C=C\C/C=C\CCCCCCCC(=O)OCCCCCCCCCCCCCCCCCCCC(=O)NC(CO)C(O)/C=C/CCCCCCCCCCCCCCCCCCCCC. The molecule has 0 heterocycles. The van der Waals surface area contributed by atoms with E-state index in [0.29, 0.717) is 19.4 Å². The van der Waals surface area contributed by atoms with Crippen molar-refractivity contribution in [3.8, 4) is 0 Å². The third kappa shape index (κ3) is 57.2. The highest BCUT2D eigenvalue weighted by Gasteiger charge is 2.18. The molecule has 2 atom stereocenters. The van der Waals surface area contributed by atoms with E-state index < -0.39 is 12.1 Å². The quantitative estimate of drug-likeness (QED) is 0.0321. The Balaban J connectivity index is 3.45. The van der Waals surface area contributed by atoms with Gasteiger partial charge in [-0.1, -0.05) is 301 Å². The van der Waals surface area contributed by atoms with Gasteiger partial charge in [-0.25, -0.2) is 0 Å². The summed E-state index contributed by atoms with van der Waals surface area (Å²) in [4.78, 5) is 24.6. The fraction of sp³-hybridized carbons (Fsp3) is 0.877. The number of ether oxygens (including phenoxy) is 1. The van der Waals surface area contributed by atoms with Crippen LogP contribution >= 0.6 is 0 Å². The first-order valence-corrected chi connectivity index (χ1v) is 31.8. The number of unbranched alkanes of at least 4 members (excludes halogenated alkanes) is 44. The number of hydrogen-bond acceptors (Lipinski definition) is 5. The molecular formula is C65H123NO5. The Labute approximate surface area is 443 Å². The van der Waals surface area contributed by atoms with Gasteiger partial charge >= 0.3 is 5.97 Å². The van der Waals surface area contributed by atoms with Crippen molar-refractivity contribution >= 4 is 11.9 Å². The van der Waals surface area contributed by atoms with E-state index in [0.717, 1.165) is 51.4 Å². The van der Waals surface area contributed by atoms with Gasteiger partial charge in [-0.3, -0.25) is 9.59 Å². The molecule has 6 nitrogen and oxygen atoms in total. The van der Waals surface area contributed by atoms with Crippen LogP contribution in [0.15, 0.2) is 36.5 Å². The van der Waals surface area contributed by atoms with E-state index in [4.69, 9.17) is 4.74 Å². The minimum absolute atomic E-state index is 0.00862. The van der Waals surface area contributed by atoms with Crippen LogP contribution in [0.2, 0.25) is 0 Å². The summed E-state index contributed by atoms with van der Waals surface area (Å²) in [7, 11) is 0. The van der Waals surface area contributed by atoms with Crippen molar-refractivity contribution in [3.05, 3.63) is 36.5 Å². The molecular weight excluding hydrogens is 875 g/mol. The average Bonchev–Trinajstić information content (AvgIpc) is 3.37. The topological polar surface area (TPSA) is 95.9 Å². The first kappa shape index (κ1) is 69.1. The summed E-state index contributed by atoms with van der Waals surface area (Å²) < 4.78 is 5.48. The molecule has 0 fully saturated rings. The monoisotopic (exact) mass is 998 g/mol. The number of aliphatic hydroxyl groups is 2. The van der Waals surface area contributed by atoms with Crippen molar-refractivity contribution in [1.29, 1.82) is 0 Å². The number of esters is 1. The van der Waals surface area contributed by atoms with Gasteiger partial charge in [0, 0.05) is 12.8 Å². The smallest absolute Gasteiger partial charge is 0.305 e. The summed E-state index contributed by atoms with van der Waals surface area (Å²) in [6.45, 7) is 4.89. The maximum Gasteiger partial charge on any atom is 0.305 e. The Morgan fingerprint density at radius 1 is 0.394 bits per heavy atom. The molecule has 0 saturated carbocycles. The number of nitrogens with one attached hydrogen (secondary N) is 1. The lowest BCUT2D eigenvalue weighted by Crippen LogP contribution is -2.45. The van der Waals surface area contributed by atoms with Crippen LogP contribution in [0.3, 0.4) is 0 Å². The summed E-state index contributed by atoms with van der Waals surface area (Å²) in [5.41, 5.74) is 0. The molecule has 0 aromatic heterocycles. The summed E-state index contributed by atoms with van der Waals surface area (Å²) in [5.74, 6) is -0.0796. The molecule has 0 aromatic carbocycles. The molecule has 0 bridgehead atoms. The Morgan fingerprint density at radius 2 is 0.704 bits per heavy atom. The van der Waals surface area contributed by atoms with Crippen molar-refractivity contribution in [1.82, 2.24) is 5.32 Å². The molecule has 1 amide bonds. The summed E-state index contributed by atoms with van der Waals surface area (Å²) in [5, 5.41) is 23.2. The minimum atomic E-state index is -0.850. The maximum atomic E-state index is 12.5. The van der Waals surface area contributed by atoms with Crippen LogP contribution in [0.4, 0.5) is 0 Å². The van der Waals surface area contributed by atoms with Crippen LogP contribution in [0.1, 0.15) is 341 Å². The Bertz CT molecular complexity index is 1150. The zero-order chi connectivity index (χ0) is 51.4. The molecule has 0 aromatic rings. The molecule has 0 aliphatic carbocycles. The van der Waals surface area contributed by atoms with Crippen LogP contribution in [-0.2, 0) is 14.3 Å². The third-order valence-electron chi connectivity index (χ3n) is 14.7. The van der Waals surface area contributed by atoms with Gasteiger partial charge in [0.05, 0.1) is 25.4 Å². The highest BCUT2D eigenvalue weighted by atomic mass is 16.5.